The van der Waals surface area contributed by atoms with Crippen LogP contribution in [0.15, 0.2) is 48.5 Å². The van der Waals surface area contributed by atoms with E-state index >= 15 is 0 Å². The minimum atomic E-state index is -0.892. The first-order chi connectivity index (χ1) is 11.0. The molecule has 0 aromatic heterocycles. The Morgan fingerprint density at radius 2 is 1.74 bits per heavy atom. The first kappa shape index (κ1) is 16.2. The number of hydrogen-bond acceptors (Lipinski definition) is 4. The average molecular weight is 313 g/mol. The first-order valence-corrected chi connectivity index (χ1v) is 6.96. The molecule has 0 spiro atoms. The first-order valence-electron chi connectivity index (χ1n) is 6.96. The number of nitrogens with one attached hydrogen (secondary N) is 2. The second-order valence-electron chi connectivity index (χ2n) is 4.73. The van der Waals surface area contributed by atoms with E-state index in [0.29, 0.717) is 12.1 Å². The highest BCUT2D eigenvalue weighted by Gasteiger charge is 2.16. The van der Waals surface area contributed by atoms with Crippen molar-refractivity contribution < 1.29 is 14.5 Å². The Labute approximate surface area is 132 Å². The number of nitro groups is 1. The third-order valence-corrected chi connectivity index (χ3v) is 3.17. The van der Waals surface area contributed by atoms with Crippen LogP contribution in [-0.4, -0.2) is 16.7 Å². The summed E-state index contributed by atoms with van der Waals surface area (Å²) in [4.78, 5) is 34.0. The van der Waals surface area contributed by atoms with Gasteiger partial charge in [-0.1, -0.05) is 31.2 Å². The highest BCUT2D eigenvalue weighted by molar-refractivity contribution is 6.43. The van der Waals surface area contributed by atoms with Gasteiger partial charge < -0.3 is 10.6 Å². The maximum Gasteiger partial charge on any atom is 0.314 e. The molecule has 0 radical (unpaired) electrons. The van der Waals surface area contributed by atoms with Crippen molar-refractivity contribution in [3.63, 3.8) is 0 Å². The number of carbonyl (C=O) groups is 2. The lowest BCUT2D eigenvalue weighted by Gasteiger charge is -2.09. The van der Waals surface area contributed by atoms with Gasteiger partial charge in [0.15, 0.2) is 0 Å². The lowest BCUT2D eigenvalue weighted by atomic mass is 10.1. The van der Waals surface area contributed by atoms with E-state index in [0.717, 1.165) is 5.56 Å². The highest BCUT2D eigenvalue weighted by atomic mass is 16.6. The lowest BCUT2D eigenvalue weighted by Crippen LogP contribution is -2.29. The van der Waals surface area contributed by atoms with Crippen molar-refractivity contribution in [3.05, 3.63) is 64.2 Å². The maximum absolute atomic E-state index is 11.9. The molecular formula is C16H15N3O4. The van der Waals surface area contributed by atoms with E-state index < -0.39 is 16.7 Å². The zero-order chi connectivity index (χ0) is 16.8. The molecule has 0 bridgehead atoms. The number of nitrogens with zero attached hydrogens (tertiary/aromatic N) is 1. The maximum atomic E-state index is 11.9. The molecule has 2 rings (SSSR count). The van der Waals surface area contributed by atoms with Crippen LogP contribution < -0.4 is 10.6 Å². The number of benzene rings is 2. The van der Waals surface area contributed by atoms with Crippen molar-refractivity contribution in [3.8, 4) is 0 Å². The molecule has 7 nitrogen and oxygen atoms in total. The summed E-state index contributed by atoms with van der Waals surface area (Å²) in [6, 6.07) is 12.5. The largest absolute Gasteiger partial charge is 0.318 e. The SMILES string of the molecule is CCc1ccccc1NC(=O)C(=O)Nc1cccc([N+](=O)[O-])c1. The molecule has 2 aromatic rings. The van der Waals surface area contributed by atoms with Crippen LogP contribution in [0.25, 0.3) is 0 Å². The summed E-state index contributed by atoms with van der Waals surface area (Å²) >= 11 is 0. The van der Waals surface area contributed by atoms with Gasteiger partial charge in [0.05, 0.1) is 4.92 Å². The van der Waals surface area contributed by atoms with Crippen LogP contribution in [0.2, 0.25) is 0 Å². The fourth-order valence-electron chi connectivity index (χ4n) is 2.01. The number of para-hydroxylation sites is 1. The predicted molar refractivity (Wildman–Crippen MR) is 86.2 cm³/mol. The Morgan fingerprint density at radius 1 is 1.04 bits per heavy atom. The Bertz CT molecular complexity index is 758. The standard InChI is InChI=1S/C16H15N3O4/c1-2-11-6-3-4-9-14(11)18-16(21)15(20)17-12-7-5-8-13(10-12)19(22)23/h3-10H,2H2,1H3,(H,17,20)(H,18,21). The van der Waals surface area contributed by atoms with E-state index in [1.807, 2.05) is 19.1 Å². The Morgan fingerprint density at radius 3 is 2.43 bits per heavy atom. The summed E-state index contributed by atoms with van der Waals surface area (Å²) in [6.45, 7) is 1.94. The van der Waals surface area contributed by atoms with Gasteiger partial charge in [0.25, 0.3) is 5.69 Å². The van der Waals surface area contributed by atoms with Crippen LogP contribution in [0.3, 0.4) is 0 Å². The van der Waals surface area contributed by atoms with Crippen molar-refractivity contribution >= 4 is 28.9 Å². The molecule has 0 aliphatic carbocycles. The molecular weight excluding hydrogens is 298 g/mol. The molecule has 0 unspecified atom stereocenters. The lowest BCUT2D eigenvalue weighted by molar-refractivity contribution is -0.384. The molecule has 7 heteroatoms. The molecule has 2 N–H and O–H groups in total. The molecule has 23 heavy (non-hydrogen) atoms. The van der Waals surface area contributed by atoms with Crippen molar-refractivity contribution in [2.24, 2.45) is 0 Å². The van der Waals surface area contributed by atoms with Crippen LogP contribution in [0.5, 0.6) is 0 Å². The predicted octanol–water partition coefficient (Wildman–Crippen LogP) is 2.73. The van der Waals surface area contributed by atoms with Crippen LogP contribution >= 0.6 is 0 Å². The van der Waals surface area contributed by atoms with Gasteiger partial charge in [-0.05, 0) is 24.1 Å². The zero-order valence-corrected chi connectivity index (χ0v) is 12.4. The summed E-state index contributed by atoms with van der Waals surface area (Å²) in [6.07, 6.45) is 0.711. The zero-order valence-electron chi connectivity index (χ0n) is 12.4. The summed E-state index contributed by atoms with van der Waals surface area (Å²) in [5, 5.41) is 15.6. The number of rotatable bonds is 4. The van der Waals surface area contributed by atoms with Crippen molar-refractivity contribution in [2.75, 3.05) is 10.6 Å². The minimum Gasteiger partial charge on any atom is -0.318 e. The summed E-state index contributed by atoms with van der Waals surface area (Å²) in [5.74, 6) is -1.73. The molecule has 0 aliphatic heterocycles. The van der Waals surface area contributed by atoms with Crippen molar-refractivity contribution in [1.29, 1.82) is 0 Å². The Kier molecular flexibility index (Phi) is 5.03. The van der Waals surface area contributed by atoms with Gasteiger partial charge in [-0.15, -0.1) is 0 Å². The highest BCUT2D eigenvalue weighted by Crippen LogP contribution is 2.18. The molecule has 0 saturated carbocycles. The van der Waals surface area contributed by atoms with Gasteiger partial charge in [0.1, 0.15) is 0 Å². The molecule has 118 valence electrons. The average Bonchev–Trinajstić information content (AvgIpc) is 2.55. The van der Waals surface area contributed by atoms with Crippen molar-refractivity contribution in [1.82, 2.24) is 0 Å². The third-order valence-electron chi connectivity index (χ3n) is 3.17. The summed E-state index contributed by atoms with van der Waals surface area (Å²) in [7, 11) is 0. The van der Waals surface area contributed by atoms with Gasteiger partial charge in [-0.3, -0.25) is 19.7 Å². The third kappa shape index (κ3) is 4.13. The van der Waals surface area contributed by atoms with Gasteiger partial charge in [-0.2, -0.15) is 0 Å². The molecule has 0 saturated heterocycles. The number of hydrogen-bond donors (Lipinski definition) is 2. The minimum absolute atomic E-state index is 0.167. The fraction of sp³-hybridized carbons (Fsp3) is 0.125. The molecule has 0 aliphatic rings. The van der Waals surface area contributed by atoms with E-state index in [-0.39, 0.29) is 11.4 Å². The van der Waals surface area contributed by atoms with Crippen LogP contribution in [0, 0.1) is 10.1 Å². The van der Waals surface area contributed by atoms with E-state index in [1.54, 1.807) is 12.1 Å². The Hall–Kier alpha value is -3.22. The van der Waals surface area contributed by atoms with E-state index in [2.05, 4.69) is 10.6 Å². The number of non-ortho nitro benzene ring substituents is 1. The monoisotopic (exact) mass is 313 g/mol. The topological polar surface area (TPSA) is 101 Å². The number of anilines is 2. The van der Waals surface area contributed by atoms with Gasteiger partial charge >= 0.3 is 11.8 Å². The summed E-state index contributed by atoms with van der Waals surface area (Å²) in [5.41, 5.74) is 1.49. The van der Waals surface area contributed by atoms with Crippen LogP contribution in [0.1, 0.15) is 12.5 Å². The quantitative estimate of drug-likeness (QED) is 0.515. The van der Waals surface area contributed by atoms with Gasteiger partial charge in [-0.25, -0.2) is 0 Å². The number of amides is 2. The van der Waals surface area contributed by atoms with E-state index in [1.165, 1.54) is 24.3 Å². The number of aryl methyl sites for hydroxylation is 1. The number of nitro benzene ring substituents is 1. The smallest absolute Gasteiger partial charge is 0.314 e. The molecule has 2 aromatic carbocycles. The second kappa shape index (κ2) is 7.17. The number of carbonyl (C=O) groups excluding carboxylic acids is 2. The fourth-order valence-corrected chi connectivity index (χ4v) is 2.01. The van der Waals surface area contributed by atoms with Crippen LogP contribution in [0.4, 0.5) is 17.1 Å². The normalized spacial score (nSPS) is 9.96. The molecule has 2 amide bonds. The molecule has 0 fully saturated rings. The van der Waals surface area contributed by atoms with Gasteiger partial charge in [0, 0.05) is 23.5 Å². The van der Waals surface area contributed by atoms with Gasteiger partial charge in [0.2, 0.25) is 0 Å². The second-order valence-corrected chi connectivity index (χ2v) is 4.73. The summed E-state index contributed by atoms with van der Waals surface area (Å²) < 4.78 is 0. The van der Waals surface area contributed by atoms with E-state index in [4.69, 9.17) is 0 Å². The molecule has 0 atom stereocenters. The van der Waals surface area contributed by atoms with Crippen molar-refractivity contribution in [2.45, 2.75) is 13.3 Å². The Balaban J connectivity index is 2.07. The van der Waals surface area contributed by atoms with E-state index in [9.17, 15) is 19.7 Å². The molecule has 0 heterocycles. The van der Waals surface area contributed by atoms with Crippen LogP contribution in [-0.2, 0) is 16.0 Å².